The third-order valence-corrected chi connectivity index (χ3v) is 6.29. The number of hydrogen-bond donors (Lipinski definition) is 1. The van der Waals surface area contributed by atoms with Gasteiger partial charge in [-0.25, -0.2) is 0 Å². The lowest BCUT2D eigenvalue weighted by atomic mass is 9.94. The second-order valence-corrected chi connectivity index (χ2v) is 8.73. The zero-order valence-corrected chi connectivity index (χ0v) is 20.7. The lowest BCUT2D eigenvalue weighted by Crippen LogP contribution is -2.46. The Kier molecular flexibility index (Phi) is 6.33. The van der Waals surface area contributed by atoms with Crippen molar-refractivity contribution in [2.24, 2.45) is 0 Å². The number of aromatic nitrogens is 2. The fourth-order valence-electron chi connectivity index (χ4n) is 4.23. The number of allylic oxidation sites excluding steroid dienone is 1. The van der Waals surface area contributed by atoms with Crippen LogP contribution in [-0.2, 0) is 0 Å². The Bertz CT molecular complexity index is 1360. The van der Waals surface area contributed by atoms with Gasteiger partial charge in [0.15, 0.2) is 5.11 Å². The van der Waals surface area contributed by atoms with Gasteiger partial charge in [-0.15, -0.1) is 0 Å². The van der Waals surface area contributed by atoms with Gasteiger partial charge in [0.1, 0.15) is 5.75 Å². The standard InChI is InChI=1S/C28H26N4O2S/c1-4-33-23-16-14-20(15-17-23)25-24(19(3)32(28(35)29-25)22-8-6-5-7-9-22)27-30-26(31-34-27)21-12-10-18(2)11-13-21/h5-17,25H,4H2,1-3H3,(H,29,35). The average molecular weight is 483 g/mol. The van der Waals surface area contributed by atoms with E-state index in [1.54, 1.807) is 0 Å². The van der Waals surface area contributed by atoms with Crippen molar-refractivity contribution in [2.75, 3.05) is 11.5 Å². The van der Waals surface area contributed by atoms with Crippen LogP contribution in [0.25, 0.3) is 17.0 Å². The molecule has 1 unspecified atom stereocenters. The van der Waals surface area contributed by atoms with E-state index in [1.165, 1.54) is 5.56 Å². The SMILES string of the molecule is CCOc1ccc(C2NC(=S)N(c3ccccc3)C(C)=C2c2nc(-c3ccc(C)cc3)no2)cc1. The molecule has 5 rings (SSSR count). The lowest BCUT2D eigenvalue weighted by Gasteiger charge is -2.37. The van der Waals surface area contributed by atoms with Gasteiger partial charge in [0.25, 0.3) is 5.89 Å². The number of ether oxygens (including phenoxy) is 1. The summed E-state index contributed by atoms with van der Waals surface area (Å²) in [6.07, 6.45) is 0. The number of para-hydroxylation sites is 1. The van der Waals surface area contributed by atoms with E-state index in [0.29, 0.717) is 23.4 Å². The molecule has 176 valence electrons. The fraction of sp³-hybridized carbons (Fsp3) is 0.179. The van der Waals surface area contributed by atoms with Crippen LogP contribution in [-0.4, -0.2) is 21.9 Å². The average Bonchev–Trinajstić information content (AvgIpc) is 3.35. The van der Waals surface area contributed by atoms with Gasteiger partial charge in [0.05, 0.1) is 18.2 Å². The third-order valence-electron chi connectivity index (χ3n) is 5.99. The normalized spacial score (nSPS) is 15.8. The molecular weight excluding hydrogens is 456 g/mol. The number of nitrogens with one attached hydrogen (secondary N) is 1. The number of aryl methyl sites for hydroxylation is 1. The predicted octanol–water partition coefficient (Wildman–Crippen LogP) is 6.31. The number of rotatable bonds is 6. The fourth-order valence-corrected chi connectivity index (χ4v) is 4.59. The Balaban J connectivity index is 1.61. The molecule has 0 spiro atoms. The van der Waals surface area contributed by atoms with E-state index in [2.05, 4.69) is 17.4 Å². The first kappa shape index (κ1) is 22.8. The maximum Gasteiger partial charge on any atom is 0.258 e. The Morgan fingerprint density at radius 1 is 0.971 bits per heavy atom. The highest BCUT2D eigenvalue weighted by atomic mass is 32.1. The summed E-state index contributed by atoms with van der Waals surface area (Å²) in [5.74, 6) is 1.82. The largest absolute Gasteiger partial charge is 0.494 e. The topological polar surface area (TPSA) is 63.4 Å². The Morgan fingerprint density at radius 2 is 1.69 bits per heavy atom. The number of thiocarbonyl (C=S) groups is 1. The van der Waals surface area contributed by atoms with Crippen LogP contribution >= 0.6 is 12.2 Å². The Labute approximate surface area is 210 Å². The molecule has 1 atom stereocenters. The van der Waals surface area contributed by atoms with E-state index in [4.69, 9.17) is 26.5 Å². The summed E-state index contributed by atoms with van der Waals surface area (Å²) >= 11 is 5.82. The zero-order valence-electron chi connectivity index (χ0n) is 19.9. The van der Waals surface area contributed by atoms with E-state index < -0.39 is 0 Å². The molecule has 1 N–H and O–H groups in total. The van der Waals surface area contributed by atoms with Crippen LogP contribution < -0.4 is 15.0 Å². The van der Waals surface area contributed by atoms with E-state index in [-0.39, 0.29) is 6.04 Å². The van der Waals surface area contributed by atoms with E-state index >= 15 is 0 Å². The van der Waals surface area contributed by atoms with Gasteiger partial charge in [-0.05, 0) is 62.8 Å². The van der Waals surface area contributed by atoms with Crippen LogP contribution in [0.15, 0.2) is 89.1 Å². The number of hydrogen-bond acceptors (Lipinski definition) is 5. The number of anilines is 1. The molecule has 0 fully saturated rings. The van der Waals surface area contributed by atoms with Crippen molar-refractivity contribution in [3.05, 3.63) is 102 Å². The second-order valence-electron chi connectivity index (χ2n) is 8.34. The van der Waals surface area contributed by atoms with Gasteiger partial charge in [-0.2, -0.15) is 4.98 Å². The zero-order chi connectivity index (χ0) is 24.4. The van der Waals surface area contributed by atoms with E-state index in [0.717, 1.165) is 33.8 Å². The van der Waals surface area contributed by atoms with Crippen molar-refractivity contribution in [1.82, 2.24) is 15.5 Å². The summed E-state index contributed by atoms with van der Waals surface area (Å²) in [5, 5.41) is 8.39. The summed E-state index contributed by atoms with van der Waals surface area (Å²) in [5.41, 5.74) is 5.86. The van der Waals surface area contributed by atoms with Crippen LogP contribution in [0.3, 0.4) is 0 Å². The third kappa shape index (κ3) is 4.55. The van der Waals surface area contributed by atoms with Crippen molar-refractivity contribution in [3.63, 3.8) is 0 Å². The maximum absolute atomic E-state index is 5.84. The molecule has 0 radical (unpaired) electrons. The van der Waals surface area contributed by atoms with Gasteiger partial charge in [0, 0.05) is 16.9 Å². The molecule has 35 heavy (non-hydrogen) atoms. The van der Waals surface area contributed by atoms with E-state index in [1.807, 2.05) is 97.6 Å². The van der Waals surface area contributed by atoms with Crippen molar-refractivity contribution >= 4 is 28.6 Å². The first-order valence-corrected chi connectivity index (χ1v) is 12.0. The highest BCUT2D eigenvalue weighted by molar-refractivity contribution is 7.80. The molecule has 1 aromatic heterocycles. The lowest BCUT2D eigenvalue weighted by molar-refractivity contribution is 0.340. The van der Waals surface area contributed by atoms with Crippen LogP contribution in [0.4, 0.5) is 5.69 Å². The summed E-state index contributed by atoms with van der Waals surface area (Å²) in [7, 11) is 0. The molecule has 2 heterocycles. The first-order valence-electron chi connectivity index (χ1n) is 11.6. The molecule has 7 heteroatoms. The minimum atomic E-state index is -0.260. The summed E-state index contributed by atoms with van der Waals surface area (Å²) < 4.78 is 11.5. The second kappa shape index (κ2) is 9.72. The molecule has 0 aliphatic carbocycles. The number of benzene rings is 3. The monoisotopic (exact) mass is 482 g/mol. The molecule has 0 amide bonds. The van der Waals surface area contributed by atoms with Crippen molar-refractivity contribution < 1.29 is 9.26 Å². The molecule has 0 saturated heterocycles. The summed E-state index contributed by atoms with van der Waals surface area (Å²) in [6, 6.07) is 25.8. The molecule has 1 aliphatic rings. The Hall–Kier alpha value is -3.97. The summed E-state index contributed by atoms with van der Waals surface area (Å²) in [4.78, 5) is 6.80. The first-order chi connectivity index (χ1) is 17.0. The van der Waals surface area contributed by atoms with Crippen LogP contribution in [0.2, 0.25) is 0 Å². The maximum atomic E-state index is 5.84. The van der Waals surface area contributed by atoms with Gasteiger partial charge in [-0.3, -0.25) is 4.90 Å². The number of nitrogens with zero attached hydrogens (tertiary/aromatic N) is 3. The molecule has 3 aromatic carbocycles. The van der Waals surface area contributed by atoms with Crippen LogP contribution in [0, 0.1) is 6.92 Å². The minimum absolute atomic E-state index is 0.260. The molecule has 6 nitrogen and oxygen atoms in total. The molecule has 4 aromatic rings. The quantitative estimate of drug-likeness (QED) is 0.323. The van der Waals surface area contributed by atoms with E-state index in [9.17, 15) is 0 Å². The van der Waals surface area contributed by atoms with Gasteiger partial charge in [0.2, 0.25) is 5.82 Å². The predicted molar refractivity (Wildman–Crippen MR) is 142 cm³/mol. The summed E-state index contributed by atoms with van der Waals surface area (Å²) in [6.45, 7) is 6.67. The highest BCUT2D eigenvalue weighted by Crippen LogP contribution is 2.39. The van der Waals surface area contributed by atoms with Crippen molar-refractivity contribution in [3.8, 4) is 17.1 Å². The molecule has 1 aliphatic heterocycles. The molecule has 0 bridgehead atoms. The van der Waals surface area contributed by atoms with Gasteiger partial charge in [-0.1, -0.05) is 65.3 Å². The highest BCUT2D eigenvalue weighted by Gasteiger charge is 2.34. The minimum Gasteiger partial charge on any atom is -0.494 e. The van der Waals surface area contributed by atoms with Gasteiger partial charge < -0.3 is 14.6 Å². The van der Waals surface area contributed by atoms with Crippen molar-refractivity contribution in [1.29, 1.82) is 0 Å². The molecular formula is C28H26N4O2S. The Morgan fingerprint density at radius 3 is 2.37 bits per heavy atom. The van der Waals surface area contributed by atoms with Crippen LogP contribution in [0.5, 0.6) is 5.75 Å². The molecule has 0 saturated carbocycles. The van der Waals surface area contributed by atoms with Gasteiger partial charge >= 0.3 is 0 Å². The van der Waals surface area contributed by atoms with Crippen LogP contribution in [0.1, 0.15) is 36.9 Å². The van der Waals surface area contributed by atoms with Crippen molar-refractivity contribution in [2.45, 2.75) is 26.8 Å². The smallest absolute Gasteiger partial charge is 0.258 e.